The number of carbonyl (C=O) groups is 2. The Morgan fingerprint density at radius 2 is 1.65 bits per heavy atom. The summed E-state index contributed by atoms with van der Waals surface area (Å²) in [4.78, 5) is 27.7. The third-order valence-electron chi connectivity index (χ3n) is 5.63. The van der Waals surface area contributed by atoms with Crippen LogP contribution in [0.4, 0.5) is 0 Å². The van der Waals surface area contributed by atoms with Crippen LogP contribution in [0.15, 0.2) is 58.6 Å². The smallest absolute Gasteiger partial charge is 0.342 e. The third kappa shape index (κ3) is 5.51. The summed E-state index contributed by atoms with van der Waals surface area (Å²) < 4.78 is 12.5. The number of aliphatic carboxylic acids is 1. The second kappa shape index (κ2) is 10.6. The van der Waals surface area contributed by atoms with Crippen LogP contribution in [-0.2, 0) is 4.79 Å². The molecular formula is C26H24N4O6S. The molecule has 11 heteroatoms. The predicted octanol–water partition coefficient (Wildman–Crippen LogP) is 4.81. The van der Waals surface area contributed by atoms with Gasteiger partial charge in [0.1, 0.15) is 16.4 Å². The molecule has 4 rings (SSSR count). The lowest BCUT2D eigenvalue weighted by Gasteiger charge is -2.10. The first kappa shape index (κ1) is 25.6. The molecular weight excluding hydrogens is 496 g/mol. The van der Waals surface area contributed by atoms with E-state index >= 15 is 0 Å². The molecule has 2 heterocycles. The van der Waals surface area contributed by atoms with Crippen LogP contribution >= 0.6 is 11.8 Å². The number of aryl methyl sites for hydroxylation is 1. The highest BCUT2D eigenvalue weighted by atomic mass is 32.2. The second-order valence-electron chi connectivity index (χ2n) is 8.00. The van der Waals surface area contributed by atoms with Crippen molar-refractivity contribution >= 4 is 29.8 Å². The lowest BCUT2D eigenvalue weighted by atomic mass is 10.2. The van der Waals surface area contributed by atoms with Gasteiger partial charge in [0, 0.05) is 28.7 Å². The molecule has 0 radical (unpaired) electrons. The monoisotopic (exact) mass is 520 g/mol. The van der Waals surface area contributed by atoms with Crippen molar-refractivity contribution in [3.8, 4) is 28.6 Å². The number of benzene rings is 2. The summed E-state index contributed by atoms with van der Waals surface area (Å²) >= 11 is 0.923. The highest BCUT2D eigenvalue weighted by Gasteiger charge is 2.18. The van der Waals surface area contributed by atoms with E-state index in [1.807, 2.05) is 24.5 Å². The van der Waals surface area contributed by atoms with Gasteiger partial charge in [-0.15, -0.1) is 5.10 Å². The largest absolute Gasteiger partial charge is 0.497 e. The Balaban J connectivity index is 1.63. The van der Waals surface area contributed by atoms with E-state index in [1.54, 1.807) is 50.6 Å². The Morgan fingerprint density at radius 3 is 2.22 bits per heavy atom. The molecule has 0 fully saturated rings. The van der Waals surface area contributed by atoms with Crippen LogP contribution in [0.2, 0.25) is 0 Å². The van der Waals surface area contributed by atoms with Gasteiger partial charge < -0.3 is 24.3 Å². The van der Waals surface area contributed by atoms with Gasteiger partial charge in [0.05, 0.1) is 19.8 Å². The zero-order chi connectivity index (χ0) is 26.7. The van der Waals surface area contributed by atoms with Crippen LogP contribution < -0.4 is 9.47 Å². The fraction of sp³-hybridized carbons (Fsp3) is 0.154. The summed E-state index contributed by atoms with van der Waals surface area (Å²) in [6.45, 7) is 3.77. The van der Waals surface area contributed by atoms with Crippen LogP contribution in [-0.4, -0.2) is 56.1 Å². The standard InChI is InChI=1S/C26H24N4O6S/c1-14-9-17(15(2)30(14)19-7-5-16(6-8-19)24(31)32)12-22(25(33)34)37-26-27-23(28-29-26)18-10-20(35-3)13-21(11-18)36-4/h5-13H,1-4H3,(H,31,32)(H,33,34)(H,27,28,29)/b22-12-. The van der Waals surface area contributed by atoms with Gasteiger partial charge in [-0.1, -0.05) is 0 Å². The molecule has 0 aliphatic carbocycles. The zero-order valence-electron chi connectivity index (χ0n) is 20.5. The topological polar surface area (TPSA) is 140 Å². The molecule has 0 unspecified atom stereocenters. The van der Waals surface area contributed by atoms with Gasteiger partial charge in [0.15, 0.2) is 5.82 Å². The molecule has 0 spiro atoms. The number of rotatable bonds is 9. The van der Waals surface area contributed by atoms with Gasteiger partial charge in [-0.2, -0.15) is 0 Å². The highest BCUT2D eigenvalue weighted by molar-refractivity contribution is 8.04. The van der Waals surface area contributed by atoms with E-state index in [0.29, 0.717) is 28.5 Å². The Kier molecular flexibility index (Phi) is 7.35. The first-order valence-electron chi connectivity index (χ1n) is 11.0. The van der Waals surface area contributed by atoms with E-state index in [-0.39, 0.29) is 15.6 Å². The van der Waals surface area contributed by atoms with Crippen LogP contribution in [0.5, 0.6) is 11.5 Å². The maximum Gasteiger partial charge on any atom is 0.342 e. The van der Waals surface area contributed by atoms with Crippen molar-refractivity contribution in [1.82, 2.24) is 19.7 Å². The minimum absolute atomic E-state index is 0.0373. The molecule has 0 aliphatic rings. The maximum absolute atomic E-state index is 12.1. The lowest BCUT2D eigenvalue weighted by Crippen LogP contribution is -2.01. The average Bonchev–Trinajstić information content (AvgIpc) is 3.47. The molecule has 37 heavy (non-hydrogen) atoms. The van der Waals surface area contributed by atoms with Crippen molar-refractivity contribution in [2.24, 2.45) is 0 Å². The molecule has 3 N–H and O–H groups in total. The number of carboxylic acids is 2. The van der Waals surface area contributed by atoms with Crippen molar-refractivity contribution < 1.29 is 29.3 Å². The molecule has 0 bridgehead atoms. The number of nitrogens with one attached hydrogen (secondary N) is 1. The van der Waals surface area contributed by atoms with Gasteiger partial charge in [-0.05, 0) is 79.7 Å². The summed E-state index contributed by atoms with van der Waals surface area (Å²) in [7, 11) is 3.10. The average molecular weight is 521 g/mol. The summed E-state index contributed by atoms with van der Waals surface area (Å²) in [6, 6.07) is 13.6. The number of aromatic nitrogens is 4. The lowest BCUT2D eigenvalue weighted by molar-refractivity contribution is -0.131. The first-order valence-corrected chi connectivity index (χ1v) is 11.8. The Morgan fingerprint density at radius 1 is 1.00 bits per heavy atom. The number of nitrogens with zero attached hydrogens (tertiary/aromatic N) is 3. The minimum Gasteiger partial charge on any atom is -0.497 e. The fourth-order valence-corrected chi connectivity index (χ4v) is 4.52. The van der Waals surface area contributed by atoms with Gasteiger partial charge in [-0.3, -0.25) is 5.10 Å². The highest BCUT2D eigenvalue weighted by Crippen LogP contribution is 2.32. The second-order valence-corrected chi connectivity index (χ2v) is 9.01. The van der Waals surface area contributed by atoms with Crippen molar-refractivity contribution in [3.63, 3.8) is 0 Å². The number of thioether (sulfide) groups is 1. The van der Waals surface area contributed by atoms with Crippen molar-refractivity contribution in [2.45, 2.75) is 19.0 Å². The number of aromatic carboxylic acids is 1. The molecule has 0 saturated heterocycles. The van der Waals surface area contributed by atoms with Crippen LogP contribution in [0.1, 0.15) is 27.3 Å². The predicted molar refractivity (Wildman–Crippen MR) is 139 cm³/mol. The Hall–Kier alpha value is -4.51. The van der Waals surface area contributed by atoms with Crippen LogP contribution in [0, 0.1) is 13.8 Å². The fourth-order valence-electron chi connectivity index (χ4n) is 3.82. The summed E-state index contributed by atoms with van der Waals surface area (Å²) in [6.07, 6.45) is 1.57. The minimum atomic E-state index is -1.12. The summed E-state index contributed by atoms with van der Waals surface area (Å²) in [5.41, 5.74) is 4.02. The maximum atomic E-state index is 12.1. The number of aromatic amines is 1. The molecule has 190 valence electrons. The van der Waals surface area contributed by atoms with Crippen molar-refractivity contribution in [2.75, 3.05) is 14.2 Å². The molecule has 10 nitrogen and oxygen atoms in total. The van der Waals surface area contributed by atoms with E-state index in [1.165, 1.54) is 12.1 Å². The third-order valence-corrected chi connectivity index (χ3v) is 6.51. The van der Waals surface area contributed by atoms with E-state index in [2.05, 4.69) is 15.2 Å². The van der Waals surface area contributed by atoms with Gasteiger partial charge in [-0.25, -0.2) is 14.6 Å². The first-order chi connectivity index (χ1) is 17.7. The number of methoxy groups -OCH3 is 2. The number of hydrogen-bond donors (Lipinski definition) is 3. The molecule has 2 aromatic carbocycles. The molecule has 0 atom stereocenters. The number of hydrogen-bond acceptors (Lipinski definition) is 7. The quantitative estimate of drug-likeness (QED) is 0.209. The summed E-state index contributed by atoms with van der Waals surface area (Å²) in [5.74, 6) is -0.514. The molecule has 0 amide bonds. The SMILES string of the molecule is COc1cc(OC)cc(-c2nc(S/C(=C\c3cc(C)n(-c4ccc(C(=O)O)cc4)c3C)C(=O)O)n[nH]2)c1. The van der Waals surface area contributed by atoms with Crippen LogP contribution in [0.3, 0.4) is 0 Å². The van der Waals surface area contributed by atoms with Crippen molar-refractivity contribution in [3.05, 3.63) is 76.0 Å². The van der Waals surface area contributed by atoms with Crippen LogP contribution in [0.25, 0.3) is 23.2 Å². The molecule has 4 aromatic rings. The van der Waals surface area contributed by atoms with E-state index in [9.17, 15) is 14.7 Å². The molecule has 2 aromatic heterocycles. The Labute approximate surface area is 216 Å². The van der Waals surface area contributed by atoms with E-state index in [0.717, 1.165) is 28.8 Å². The van der Waals surface area contributed by atoms with Gasteiger partial charge in [0.25, 0.3) is 0 Å². The molecule has 0 saturated carbocycles. The van der Waals surface area contributed by atoms with E-state index < -0.39 is 11.9 Å². The normalized spacial score (nSPS) is 11.4. The zero-order valence-corrected chi connectivity index (χ0v) is 21.3. The number of carboxylic acid groups (broad SMARTS) is 2. The Bertz CT molecular complexity index is 1480. The number of H-pyrrole nitrogens is 1. The van der Waals surface area contributed by atoms with Gasteiger partial charge in [0.2, 0.25) is 5.16 Å². The van der Waals surface area contributed by atoms with E-state index in [4.69, 9.17) is 14.6 Å². The molecule has 0 aliphatic heterocycles. The number of ether oxygens (including phenoxy) is 2. The van der Waals surface area contributed by atoms with Crippen molar-refractivity contribution in [1.29, 1.82) is 0 Å². The summed E-state index contributed by atoms with van der Waals surface area (Å²) in [5, 5.41) is 26.3. The van der Waals surface area contributed by atoms with Gasteiger partial charge >= 0.3 is 11.9 Å².